The van der Waals surface area contributed by atoms with Crippen LogP contribution in [0.5, 0.6) is 0 Å². The minimum Gasteiger partial charge on any atom is -0.318 e. The van der Waals surface area contributed by atoms with E-state index in [-0.39, 0.29) is 0 Å². The Labute approximate surface area is 127 Å². The van der Waals surface area contributed by atoms with Gasteiger partial charge in [-0.05, 0) is 18.6 Å². The number of urea groups is 1. The normalized spacial score (nSPS) is 21.4. The number of hydrazone groups is 1. The molecule has 2 aromatic rings. The molecule has 1 aliphatic heterocycles. The fourth-order valence-corrected chi connectivity index (χ4v) is 2.27. The third-order valence-electron chi connectivity index (χ3n) is 3.53. The van der Waals surface area contributed by atoms with Gasteiger partial charge in [-0.1, -0.05) is 36.4 Å². The van der Waals surface area contributed by atoms with E-state index in [1.807, 2.05) is 18.2 Å². The lowest BCUT2D eigenvalue weighted by Gasteiger charge is -2.20. The van der Waals surface area contributed by atoms with Crippen LogP contribution >= 0.6 is 0 Å². The largest absolute Gasteiger partial charge is 0.346 e. The molecule has 0 saturated carbocycles. The molecule has 3 amide bonds. The van der Waals surface area contributed by atoms with Crippen LogP contribution in [0.2, 0.25) is 0 Å². The maximum atomic E-state index is 12.6. The number of pyridine rings is 1. The molecule has 1 fully saturated rings. The molecule has 1 atom stereocenters. The number of aromatic nitrogens is 1. The number of hydrogen-bond donors (Lipinski definition) is 1. The van der Waals surface area contributed by atoms with E-state index in [0.717, 1.165) is 5.01 Å². The fraction of sp³-hybridized carbons (Fsp3) is 0.125. The maximum Gasteiger partial charge on any atom is 0.346 e. The van der Waals surface area contributed by atoms with Crippen LogP contribution < -0.4 is 5.32 Å². The van der Waals surface area contributed by atoms with Crippen molar-refractivity contribution in [3.8, 4) is 0 Å². The molecular formula is C16H14N4O2. The molecule has 2 heterocycles. The zero-order valence-corrected chi connectivity index (χ0v) is 11.9. The van der Waals surface area contributed by atoms with Crippen molar-refractivity contribution in [2.45, 2.75) is 12.5 Å². The number of amides is 3. The van der Waals surface area contributed by atoms with E-state index in [1.165, 1.54) is 6.21 Å². The lowest BCUT2D eigenvalue weighted by Crippen LogP contribution is -2.40. The molecule has 1 N–H and O–H groups in total. The molecule has 22 heavy (non-hydrogen) atoms. The van der Waals surface area contributed by atoms with Crippen LogP contribution in [0.15, 0.2) is 60.0 Å². The third kappa shape index (κ3) is 2.35. The summed E-state index contributed by atoms with van der Waals surface area (Å²) in [6.45, 7) is 1.67. The summed E-state index contributed by atoms with van der Waals surface area (Å²) in [4.78, 5) is 28.6. The van der Waals surface area contributed by atoms with Crippen LogP contribution in [0, 0.1) is 0 Å². The summed E-state index contributed by atoms with van der Waals surface area (Å²) in [5.41, 5.74) is 0.314. The van der Waals surface area contributed by atoms with Crippen molar-refractivity contribution in [2.24, 2.45) is 5.10 Å². The molecule has 0 radical (unpaired) electrons. The lowest BCUT2D eigenvalue weighted by atomic mass is 9.92. The Morgan fingerprint density at radius 2 is 1.95 bits per heavy atom. The molecule has 110 valence electrons. The quantitative estimate of drug-likeness (QED) is 0.694. The highest BCUT2D eigenvalue weighted by Crippen LogP contribution is 2.28. The number of nitrogens with one attached hydrogen (secondary N) is 1. The Morgan fingerprint density at radius 3 is 2.64 bits per heavy atom. The van der Waals surface area contributed by atoms with Gasteiger partial charge in [0.1, 0.15) is 5.54 Å². The van der Waals surface area contributed by atoms with Crippen molar-refractivity contribution >= 4 is 18.2 Å². The predicted molar refractivity (Wildman–Crippen MR) is 81.0 cm³/mol. The number of carbonyl (C=O) groups is 2. The molecule has 0 unspecified atom stereocenters. The van der Waals surface area contributed by atoms with Crippen LogP contribution in [-0.2, 0) is 10.3 Å². The van der Waals surface area contributed by atoms with Gasteiger partial charge in [0.05, 0.1) is 6.21 Å². The van der Waals surface area contributed by atoms with Gasteiger partial charge in [0.15, 0.2) is 0 Å². The van der Waals surface area contributed by atoms with E-state index >= 15 is 0 Å². The van der Waals surface area contributed by atoms with Crippen LogP contribution in [0.25, 0.3) is 0 Å². The SMILES string of the molecule is C[C@@]1(c2ccccc2)NC(=O)N(/N=C\c2cccnc2)C1=O. The Bertz CT molecular complexity index is 730. The summed E-state index contributed by atoms with van der Waals surface area (Å²) in [5.74, 6) is -0.413. The predicted octanol–water partition coefficient (Wildman–Crippen LogP) is 1.88. The number of rotatable bonds is 3. The molecule has 1 aromatic heterocycles. The number of imide groups is 1. The van der Waals surface area contributed by atoms with Crippen molar-refractivity contribution < 1.29 is 9.59 Å². The first-order chi connectivity index (χ1) is 10.6. The second kappa shape index (κ2) is 5.40. The maximum absolute atomic E-state index is 12.6. The summed E-state index contributed by atoms with van der Waals surface area (Å²) >= 11 is 0. The van der Waals surface area contributed by atoms with Crippen molar-refractivity contribution in [3.05, 3.63) is 66.0 Å². The standard InChI is InChI=1S/C16H14N4O2/c1-16(13-7-3-2-4-8-13)14(21)20(15(22)19-16)18-11-12-6-5-9-17-10-12/h2-11H,1H3,(H,19,22)/b18-11-/t16-/m0/s1. The van der Waals surface area contributed by atoms with Gasteiger partial charge in [0, 0.05) is 18.0 Å². The first kappa shape index (κ1) is 13.9. The van der Waals surface area contributed by atoms with E-state index in [9.17, 15) is 9.59 Å². The second-order valence-electron chi connectivity index (χ2n) is 5.07. The van der Waals surface area contributed by atoms with Gasteiger partial charge < -0.3 is 5.32 Å². The average molecular weight is 294 g/mol. The molecule has 1 aromatic carbocycles. The third-order valence-corrected chi connectivity index (χ3v) is 3.53. The first-order valence-electron chi connectivity index (χ1n) is 6.77. The zero-order chi connectivity index (χ0) is 15.6. The highest BCUT2D eigenvalue weighted by Gasteiger charge is 2.49. The molecule has 1 saturated heterocycles. The summed E-state index contributed by atoms with van der Waals surface area (Å²) in [6, 6.07) is 12.1. The summed E-state index contributed by atoms with van der Waals surface area (Å²) in [5, 5.41) is 7.52. The Morgan fingerprint density at radius 1 is 1.18 bits per heavy atom. The lowest BCUT2D eigenvalue weighted by molar-refractivity contribution is -0.131. The van der Waals surface area contributed by atoms with Gasteiger partial charge in [0.25, 0.3) is 5.91 Å². The Balaban J connectivity index is 1.88. The zero-order valence-electron chi connectivity index (χ0n) is 11.9. The Hall–Kier alpha value is -3.02. The topological polar surface area (TPSA) is 74.7 Å². The molecule has 1 aliphatic rings. The molecule has 6 nitrogen and oxygen atoms in total. The molecule has 3 rings (SSSR count). The number of benzene rings is 1. The van der Waals surface area contributed by atoms with Gasteiger partial charge in [-0.15, -0.1) is 5.01 Å². The average Bonchev–Trinajstić information content (AvgIpc) is 2.78. The van der Waals surface area contributed by atoms with E-state index in [2.05, 4.69) is 15.4 Å². The van der Waals surface area contributed by atoms with E-state index < -0.39 is 17.5 Å². The molecule has 0 aliphatic carbocycles. The molecule has 0 bridgehead atoms. The second-order valence-corrected chi connectivity index (χ2v) is 5.07. The first-order valence-corrected chi connectivity index (χ1v) is 6.77. The van der Waals surface area contributed by atoms with Crippen molar-refractivity contribution in [3.63, 3.8) is 0 Å². The van der Waals surface area contributed by atoms with Crippen molar-refractivity contribution in [2.75, 3.05) is 0 Å². The smallest absolute Gasteiger partial charge is 0.318 e. The van der Waals surface area contributed by atoms with Gasteiger partial charge >= 0.3 is 6.03 Å². The highest BCUT2D eigenvalue weighted by atomic mass is 16.2. The molecule has 0 spiro atoms. The summed E-state index contributed by atoms with van der Waals surface area (Å²) in [7, 11) is 0. The highest BCUT2D eigenvalue weighted by molar-refractivity contribution is 6.07. The van der Waals surface area contributed by atoms with Gasteiger partial charge in [-0.25, -0.2) is 4.79 Å². The van der Waals surface area contributed by atoms with Gasteiger partial charge in [0.2, 0.25) is 0 Å². The van der Waals surface area contributed by atoms with E-state index in [0.29, 0.717) is 11.1 Å². The number of nitrogens with zero attached hydrogens (tertiary/aromatic N) is 3. The van der Waals surface area contributed by atoms with E-state index in [1.54, 1.807) is 43.6 Å². The van der Waals surface area contributed by atoms with E-state index in [4.69, 9.17) is 0 Å². The van der Waals surface area contributed by atoms with Gasteiger partial charge in [-0.3, -0.25) is 9.78 Å². The van der Waals surface area contributed by atoms with Crippen LogP contribution in [-0.4, -0.2) is 28.1 Å². The van der Waals surface area contributed by atoms with Crippen molar-refractivity contribution in [1.29, 1.82) is 0 Å². The molecule has 6 heteroatoms. The fourth-order valence-electron chi connectivity index (χ4n) is 2.27. The van der Waals surface area contributed by atoms with Crippen LogP contribution in [0.4, 0.5) is 4.79 Å². The monoisotopic (exact) mass is 294 g/mol. The van der Waals surface area contributed by atoms with Gasteiger partial charge in [-0.2, -0.15) is 5.10 Å². The minimum absolute atomic E-state index is 0.413. The van der Waals surface area contributed by atoms with Crippen molar-refractivity contribution in [1.82, 2.24) is 15.3 Å². The number of hydrogen-bond acceptors (Lipinski definition) is 4. The number of carbonyl (C=O) groups excluding carboxylic acids is 2. The summed E-state index contributed by atoms with van der Waals surface area (Å²) in [6.07, 6.45) is 4.66. The Kier molecular flexibility index (Phi) is 3.42. The van der Waals surface area contributed by atoms with Crippen LogP contribution in [0.3, 0.4) is 0 Å². The summed E-state index contributed by atoms with van der Waals surface area (Å²) < 4.78 is 0. The minimum atomic E-state index is -1.11. The molecular weight excluding hydrogens is 280 g/mol. The van der Waals surface area contributed by atoms with Crippen LogP contribution in [0.1, 0.15) is 18.1 Å².